The first kappa shape index (κ1) is 29.3. The number of carbonyl (C=O) groups excluding carboxylic acids is 1. The largest absolute Gasteiger partial charge is 0.420 e. The number of anilines is 2. The van der Waals surface area contributed by atoms with E-state index in [1.165, 1.54) is 22.1 Å². The summed E-state index contributed by atoms with van der Waals surface area (Å²) in [5.41, 5.74) is 2.82. The zero-order valence-electron chi connectivity index (χ0n) is 24.4. The van der Waals surface area contributed by atoms with Gasteiger partial charge in [0.05, 0.1) is 34.4 Å². The van der Waals surface area contributed by atoms with Crippen LogP contribution in [0.15, 0.2) is 29.3 Å². The van der Waals surface area contributed by atoms with Gasteiger partial charge in [-0.05, 0) is 66.8 Å². The number of aromatic nitrogens is 2. The summed E-state index contributed by atoms with van der Waals surface area (Å²) in [6.07, 6.45) is 0.465. The number of nitrogens with one attached hydrogen (secondary N) is 1. The van der Waals surface area contributed by atoms with Crippen LogP contribution in [0.3, 0.4) is 0 Å². The number of halogens is 3. The fourth-order valence-corrected chi connectivity index (χ4v) is 9.48. The quantitative estimate of drug-likeness (QED) is 0.368. The van der Waals surface area contributed by atoms with E-state index in [4.69, 9.17) is 4.74 Å². The predicted molar refractivity (Wildman–Crippen MR) is 161 cm³/mol. The number of nitrogens with zero attached hydrogens (tertiary/aromatic N) is 4. The van der Waals surface area contributed by atoms with Crippen LogP contribution in [0.25, 0.3) is 10.6 Å². The van der Waals surface area contributed by atoms with E-state index in [0.29, 0.717) is 11.8 Å². The third-order valence-electron chi connectivity index (χ3n) is 9.35. The van der Waals surface area contributed by atoms with E-state index in [0.717, 1.165) is 93.7 Å². The number of ether oxygens (including phenoxy) is 1. The highest BCUT2D eigenvalue weighted by Crippen LogP contribution is 2.47. The van der Waals surface area contributed by atoms with Crippen LogP contribution >= 0.6 is 11.3 Å². The molecule has 0 atom stereocenters. The number of carbonyl (C=O) groups is 1. The highest BCUT2D eigenvalue weighted by Gasteiger charge is 2.42. The van der Waals surface area contributed by atoms with Gasteiger partial charge in [0.25, 0.3) is 5.91 Å². The van der Waals surface area contributed by atoms with Crippen molar-refractivity contribution in [3.8, 4) is 10.6 Å². The van der Waals surface area contributed by atoms with Crippen molar-refractivity contribution in [2.45, 2.75) is 61.7 Å². The number of hydrogen-bond acceptors (Lipinski definition) is 9. The summed E-state index contributed by atoms with van der Waals surface area (Å²) in [7, 11) is -3.87. The summed E-state index contributed by atoms with van der Waals surface area (Å²) >= 11 is 0.752. The number of sulfone groups is 1. The molecular formula is C31H32F3N5O4S2. The molecule has 238 valence electrons. The highest BCUT2D eigenvalue weighted by atomic mass is 32.2. The van der Waals surface area contributed by atoms with Crippen molar-refractivity contribution in [1.29, 1.82) is 0 Å². The molecule has 3 aromatic rings. The second-order valence-electron chi connectivity index (χ2n) is 12.8. The summed E-state index contributed by atoms with van der Waals surface area (Å²) in [6, 6.07) is 5.46. The first-order valence-electron chi connectivity index (χ1n) is 15.4. The first-order chi connectivity index (χ1) is 21.5. The number of amides is 1. The number of benzene rings is 1. The lowest BCUT2D eigenvalue weighted by atomic mass is 9.93. The van der Waals surface area contributed by atoms with Crippen molar-refractivity contribution in [2.24, 2.45) is 5.92 Å². The molecule has 0 bridgehead atoms. The number of alkyl halides is 3. The Labute approximate surface area is 262 Å². The Morgan fingerprint density at radius 2 is 1.87 bits per heavy atom. The second-order valence-corrected chi connectivity index (χ2v) is 15.9. The van der Waals surface area contributed by atoms with E-state index in [2.05, 4.69) is 32.3 Å². The molecule has 1 amide bonds. The molecule has 14 heteroatoms. The minimum Gasteiger partial charge on any atom is -0.381 e. The topological polar surface area (TPSA) is 105 Å². The number of rotatable bonds is 7. The molecular weight excluding hydrogens is 628 g/mol. The molecule has 0 unspecified atom stereocenters. The SMILES string of the molecule is O=C1c2sc(-c3nc(Nc4cc5c(cc4C4CC4)CN(CC4COC4)CC5)ncc3C(F)(F)F)cc2S(=O)(=O)CCN1C1CC1. The monoisotopic (exact) mass is 659 g/mol. The summed E-state index contributed by atoms with van der Waals surface area (Å²) in [4.78, 5) is 25.4. The van der Waals surface area contributed by atoms with Gasteiger partial charge >= 0.3 is 6.18 Å². The van der Waals surface area contributed by atoms with Crippen molar-refractivity contribution < 1.29 is 31.1 Å². The highest BCUT2D eigenvalue weighted by molar-refractivity contribution is 7.91. The van der Waals surface area contributed by atoms with Gasteiger partial charge in [-0.2, -0.15) is 13.2 Å². The summed E-state index contributed by atoms with van der Waals surface area (Å²) in [5, 5.41) is 3.21. The lowest BCUT2D eigenvalue weighted by Crippen LogP contribution is -2.41. The van der Waals surface area contributed by atoms with Crippen LogP contribution in [0.1, 0.15) is 63.5 Å². The van der Waals surface area contributed by atoms with Crippen LogP contribution in [0.5, 0.6) is 0 Å². The smallest absolute Gasteiger partial charge is 0.381 e. The zero-order chi connectivity index (χ0) is 31.1. The maximum atomic E-state index is 14.2. The molecule has 45 heavy (non-hydrogen) atoms. The molecule has 2 aromatic heterocycles. The molecule has 2 saturated carbocycles. The van der Waals surface area contributed by atoms with Crippen LogP contribution in [0.2, 0.25) is 0 Å². The van der Waals surface area contributed by atoms with Crippen LogP contribution < -0.4 is 5.32 Å². The summed E-state index contributed by atoms with van der Waals surface area (Å²) in [5.74, 6) is 0.208. The van der Waals surface area contributed by atoms with Gasteiger partial charge in [0.1, 0.15) is 10.4 Å². The average molecular weight is 660 g/mol. The van der Waals surface area contributed by atoms with Crippen molar-refractivity contribution in [3.63, 3.8) is 0 Å². The Hall–Kier alpha value is -3.07. The van der Waals surface area contributed by atoms with Gasteiger partial charge in [0.15, 0.2) is 9.84 Å². The molecule has 5 aliphatic rings. The lowest BCUT2D eigenvalue weighted by molar-refractivity contribution is -0.137. The predicted octanol–water partition coefficient (Wildman–Crippen LogP) is 5.24. The van der Waals surface area contributed by atoms with E-state index >= 15 is 0 Å². The molecule has 5 heterocycles. The normalized spacial score (nSPS) is 22.0. The second kappa shape index (κ2) is 10.7. The fourth-order valence-electron chi connectivity index (χ4n) is 6.56. The third-order valence-corrected chi connectivity index (χ3v) is 12.3. The van der Waals surface area contributed by atoms with E-state index in [1.807, 2.05) is 0 Å². The van der Waals surface area contributed by atoms with E-state index in [1.54, 1.807) is 0 Å². The number of thiophene rings is 1. The Morgan fingerprint density at radius 3 is 2.56 bits per heavy atom. The first-order valence-corrected chi connectivity index (χ1v) is 17.9. The molecule has 8 rings (SSSR count). The van der Waals surface area contributed by atoms with Crippen LogP contribution in [0.4, 0.5) is 24.8 Å². The Balaban J connectivity index is 1.14. The van der Waals surface area contributed by atoms with Crippen LogP contribution in [0, 0.1) is 5.92 Å². The summed E-state index contributed by atoms with van der Waals surface area (Å²) < 4.78 is 74.4. The maximum absolute atomic E-state index is 14.2. The molecule has 3 aliphatic heterocycles. The maximum Gasteiger partial charge on any atom is 0.420 e. The van der Waals surface area contributed by atoms with Crippen molar-refractivity contribution in [3.05, 3.63) is 51.5 Å². The fraction of sp³-hybridized carbons (Fsp3) is 0.516. The molecule has 1 saturated heterocycles. The van der Waals surface area contributed by atoms with Gasteiger partial charge in [-0.25, -0.2) is 18.4 Å². The third kappa shape index (κ3) is 5.63. The molecule has 0 spiro atoms. The van der Waals surface area contributed by atoms with Gasteiger partial charge in [0, 0.05) is 50.0 Å². The molecule has 9 nitrogen and oxygen atoms in total. The zero-order valence-corrected chi connectivity index (χ0v) is 26.0. The number of hydrogen-bond donors (Lipinski definition) is 1. The molecule has 3 fully saturated rings. The summed E-state index contributed by atoms with van der Waals surface area (Å²) in [6.45, 7) is 4.50. The van der Waals surface area contributed by atoms with E-state index < -0.39 is 33.2 Å². The molecule has 1 aromatic carbocycles. The van der Waals surface area contributed by atoms with E-state index in [-0.39, 0.29) is 38.9 Å². The van der Waals surface area contributed by atoms with E-state index in [9.17, 15) is 26.4 Å². The Kier molecular flexibility index (Phi) is 7.01. The lowest BCUT2D eigenvalue weighted by Gasteiger charge is -2.35. The number of fused-ring (bicyclic) bond motifs is 2. The van der Waals surface area contributed by atoms with Gasteiger partial charge in [-0.1, -0.05) is 6.07 Å². The molecule has 0 radical (unpaired) electrons. The van der Waals surface area contributed by atoms with Gasteiger partial charge in [-0.3, -0.25) is 9.69 Å². The van der Waals surface area contributed by atoms with Crippen LogP contribution in [-0.2, 0) is 33.7 Å². The minimum absolute atomic E-state index is 0.0142. The minimum atomic E-state index is -4.79. The standard InChI is InChI=1S/C31H32F3N5O4S2/c32-31(33,34)23-12-35-30(37-27(23)25-11-26-28(44-25)29(40)39(21-3-4-21)7-8-45(26,41)42)36-24-10-19-5-6-38(13-17-15-43-16-17)14-20(19)9-22(24)18-1-2-18/h9-12,17-18,21H,1-8,13-16H2,(H,35,36,37). The Morgan fingerprint density at radius 1 is 1.07 bits per heavy atom. The van der Waals surface area contributed by atoms with Crippen molar-refractivity contribution in [2.75, 3.05) is 43.9 Å². The van der Waals surface area contributed by atoms with Crippen molar-refractivity contribution in [1.82, 2.24) is 19.8 Å². The van der Waals surface area contributed by atoms with Gasteiger partial charge in [0.2, 0.25) is 5.95 Å². The molecule has 2 aliphatic carbocycles. The average Bonchev–Trinajstić information content (AvgIpc) is 3.92. The Bertz CT molecular complexity index is 1800. The van der Waals surface area contributed by atoms with Gasteiger partial charge < -0.3 is 15.0 Å². The van der Waals surface area contributed by atoms with Gasteiger partial charge in [-0.15, -0.1) is 11.3 Å². The molecule has 1 N–H and O–H groups in total. The van der Waals surface area contributed by atoms with Crippen molar-refractivity contribution >= 4 is 38.7 Å². The van der Waals surface area contributed by atoms with Crippen LogP contribution in [-0.4, -0.2) is 78.7 Å².